The Morgan fingerprint density at radius 3 is 2.50 bits per heavy atom. The molecule has 3 rings (SSSR count). The van der Waals surface area contributed by atoms with Crippen LogP contribution in [-0.4, -0.2) is 47.7 Å². The van der Waals surface area contributed by atoms with E-state index in [0.29, 0.717) is 0 Å². The number of para-hydroxylation sites is 1. The molecular formula is C16H22N4. The van der Waals surface area contributed by atoms with E-state index in [4.69, 9.17) is 0 Å². The smallest absolute Gasteiger partial charge is 0.112 e. The maximum Gasteiger partial charge on any atom is 0.112 e. The summed E-state index contributed by atoms with van der Waals surface area (Å²) in [5, 5.41) is 0. The largest absolute Gasteiger partial charge is 0.369 e. The Balaban J connectivity index is 1.83. The van der Waals surface area contributed by atoms with E-state index < -0.39 is 0 Å². The van der Waals surface area contributed by atoms with Gasteiger partial charge in [0, 0.05) is 57.7 Å². The molecule has 2 heterocycles. The summed E-state index contributed by atoms with van der Waals surface area (Å²) in [6, 6.07) is 8.72. The number of benzene rings is 1. The Morgan fingerprint density at radius 2 is 1.80 bits per heavy atom. The van der Waals surface area contributed by atoms with Crippen LogP contribution in [-0.2, 0) is 13.5 Å². The second kappa shape index (κ2) is 5.67. The fourth-order valence-corrected chi connectivity index (χ4v) is 2.75. The van der Waals surface area contributed by atoms with Gasteiger partial charge in [-0.1, -0.05) is 18.2 Å². The summed E-state index contributed by atoms with van der Waals surface area (Å²) in [5.74, 6) is 1.12. The third-order valence-electron chi connectivity index (χ3n) is 4.11. The van der Waals surface area contributed by atoms with Gasteiger partial charge in [-0.15, -0.1) is 0 Å². The number of piperazine rings is 1. The van der Waals surface area contributed by atoms with Gasteiger partial charge in [-0.3, -0.25) is 0 Å². The van der Waals surface area contributed by atoms with Crippen LogP contribution >= 0.6 is 0 Å². The van der Waals surface area contributed by atoms with E-state index in [2.05, 4.69) is 57.7 Å². The molecule has 1 aliphatic heterocycles. The average Bonchev–Trinajstić information content (AvgIpc) is 2.86. The zero-order chi connectivity index (χ0) is 13.9. The van der Waals surface area contributed by atoms with E-state index >= 15 is 0 Å². The van der Waals surface area contributed by atoms with Crippen molar-refractivity contribution >= 4 is 5.69 Å². The summed E-state index contributed by atoms with van der Waals surface area (Å²) in [7, 11) is 4.25. The van der Waals surface area contributed by atoms with Crippen molar-refractivity contribution in [3.8, 4) is 0 Å². The van der Waals surface area contributed by atoms with Gasteiger partial charge in [0.15, 0.2) is 0 Å². The molecule has 106 valence electrons. The van der Waals surface area contributed by atoms with Gasteiger partial charge in [-0.05, 0) is 18.7 Å². The highest BCUT2D eigenvalue weighted by Crippen LogP contribution is 2.23. The first-order valence-electron chi connectivity index (χ1n) is 7.21. The second-order valence-electron chi connectivity index (χ2n) is 5.55. The van der Waals surface area contributed by atoms with Gasteiger partial charge < -0.3 is 14.4 Å². The Morgan fingerprint density at radius 1 is 1.05 bits per heavy atom. The van der Waals surface area contributed by atoms with Gasteiger partial charge in [0.1, 0.15) is 5.82 Å². The molecule has 1 saturated heterocycles. The van der Waals surface area contributed by atoms with Gasteiger partial charge in [0.25, 0.3) is 0 Å². The third-order valence-corrected chi connectivity index (χ3v) is 4.11. The van der Waals surface area contributed by atoms with Crippen LogP contribution in [0.3, 0.4) is 0 Å². The molecule has 0 N–H and O–H groups in total. The molecule has 1 aromatic carbocycles. The lowest BCUT2D eigenvalue weighted by atomic mass is 10.1. The van der Waals surface area contributed by atoms with Gasteiger partial charge >= 0.3 is 0 Å². The summed E-state index contributed by atoms with van der Waals surface area (Å²) in [6.45, 7) is 4.48. The molecule has 2 aromatic rings. The van der Waals surface area contributed by atoms with Crippen LogP contribution in [0, 0.1) is 0 Å². The minimum Gasteiger partial charge on any atom is -0.369 e. The van der Waals surface area contributed by atoms with Crippen LogP contribution in [0.15, 0.2) is 36.7 Å². The van der Waals surface area contributed by atoms with E-state index in [-0.39, 0.29) is 0 Å². The van der Waals surface area contributed by atoms with Crippen LogP contribution in [0.25, 0.3) is 0 Å². The third kappa shape index (κ3) is 2.70. The first kappa shape index (κ1) is 13.2. The minimum atomic E-state index is 0.895. The molecule has 0 bridgehead atoms. The molecule has 4 nitrogen and oxygen atoms in total. The number of anilines is 1. The van der Waals surface area contributed by atoms with Gasteiger partial charge in [0.05, 0.1) is 0 Å². The number of nitrogens with zero attached hydrogens (tertiary/aromatic N) is 4. The fourth-order valence-electron chi connectivity index (χ4n) is 2.75. The molecule has 0 unspecified atom stereocenters. The monoisotopic (exact) mass is 270 g/mol. The van der Waals surface area contributed by atoms with Crippen molar-refractivity contribution in [2.24, 2.45) is 7.05 Å². The topological polar surface area (TPSA) is 24.3 Å². The Bertz CT molecular complexity index is 567. The lowest BCUT2D eigenvalue weighted by molar-refractivity contribution is 0.312. The van der Waals surface area contributed by atoms with Crippen molar-refractivity contribution in [1.29, 1.82) is 0 Å². The molecule has 0 atom stereocenters. The van der Waals surface area contributed by atoms with Crippen molar-refractivity contribution in [2.45, 2.75) is 6.42 Å². The molecule has 0 spiro atoms. The first-order chi connectivity index (χ1) is 9.74. The molecule has 4 heteroatoms. The minimum absolute atomic E-state index is 0.895. The zero-order valence-electron chi connectivity index (χ0n) is 12.3. The number of likely N-dealkylation sites (N-methyl/N-ethyl adjacent to an activating group) is 1. The summed E-state index contributed by atoms with van der Waals surface area (Å²) in [4.78, 5) is 9.33. The maximum absolute atomic E-state index is 4.45. The van der Waals surface area contributed by atoms with E-state index in [1.165, 1.54) is 11.3 Å². The van der Waals surface area contributed by atoms with E-state index in [1.807, 2.05) is 12.4 Å². The number of aromatic nitrogens is 2. The molecule has 1 aromatic heterocycles. The SMILES string of the molecule is CN1CCN(c2ccccc2Cc2nccn2C)CC1. The average molecular weight is 270 g/mol. The highest BCUT2D eigenvalue weighted by Gasteiger charge is 2.17. The number of aryl methyl sites for hydroxylation is 1. The highest BCUT2D eigenvalue weighted by molar-refractivity contribution is 5.55. The van der Waals surface area contributed by atoms with Gasteiger partial charge in [-0.25, -0.2) is 4.98 Å². The molecule has 1 fully saturated rings. The van der Waals surface area contributed by atoms with Crippen LogP contribution < -0.4 is 4.90 Å². The van der Waals surface area contributed by atoms with Crippen LogP contribution in [0.4, 0.5) is 5.69 Å². The molecule has 20 heavy (non-hydrogen) atoms. The number of hydrogen-bond donors (Lipinski definition) is 0. The molecule has 0 radical (unpaired) electrons. The second-order valence-corrected chi connectivity index (χ2v) is 5.55. The lowest BCUT2D eigenvalue weighted by Crippen LogP contribution is -2.44. The summed E-state index contributed by atoms with van der Waals surface area (Å²) >= 11 is 0. The number of hydrogen-bond acceptors (Lipinski definition) is 3. The molecule has 0 aliphatic carbocycles. The van der Waals surface area contributed by atoms with Gasteiger partial charge in [0.2, 0.25) is 0 Å². The normalized spacial score (nSPS) is 16.6. The van der Waals surface area contributed by atoms with Crippen molar-refractivity contribution in [3.63, 3.8) is 0 Å². The van der Waals surface area contributed by atoms with E-state index in [1.54, 1.807) is 0 Å². The van der Waals surface area contributed by atoms with Crippen LogP contribution in [0.5, 0.6) is 0 Å². The molecule has 0 amide bonds. The lowest BCUT2D eigenvalue weighted by Gasteiger charge is -2.35. The predicted octanol–water partition coefficient (Wildman–Crippen LogP) is 1.76. The fraction of sp³-hybridized carbons (Fsp3) is 0.438. The van der Waals surface area contributed by atoms with E-state index in [9.17, 15) is 0 Å². The molecule has 1 aliphatic rings. The van der Waals surface area contributed by atoms with E-state index in [0.717, 1.165) is 38.4 Å². The van der Waals surface area contributed by atoms with Crippen LogP contribution in [0.1, 0.15) is 11.4 Å². The highest BCUT2D eigenvalue weighted by atomic mass is 15.2. The maximum atomic E-state index is 4.45. The van der Waals surface area contributed by atoms with Crippen LogP contribution in [0.2, 0.25) is 0 Å². The Kier molecular flexibility index (Phi) is 3.74. The first-order valence-corrected chi connectivity index (χ1v) is 7.21. The molecular weight excluding hydrogens is 248 g/mol. The Hall–Kier alpha value is -1.81. The molecule has 0 saturated carbocycles. The quantitative estimate of drug-likeness (QED) is 0.849. The van der Waals surface area contributed by atoms with Crippen molar-refractivity contribution in [1.82, 2.24) is 14.5 Å². The predicted molar refractivity (Wildman–Crippen MR) is 82.2 cm³/mol. The number of rotatable bonds is 3. The number of imidazole rings is 1. The van der Waals surface area contributed by atoms with Crippen molar-refractivity contribution in [2.75, 3.05) is 38.1 Å². The van der Waals surface area contributed by atoms with Crippen molar-refractivity contribution in [3.05, 3.63) is 48.0 Å². The Labute approximate surface area is 120 Å². The van der Waals surface area contributed by atoms with Gasteiger partial charge in [-0.2, -0.15) is 0 Å². The van der Waals surface area contributed by atoms with Crippen molar-refractivity contribution < 1.29 is 0 Å². The summed E-state index contributed by atoms with van der Waals surface area (Å²) in [6.07, 6.45) is 4.77. The standard InChI is InChI=1S/C16H22N4/c1-18-9-11-20(12-10-18)15-6-4-3-5-14(15)13-16-17-7-8-19(16)2/h3-8H,9-13H2,1-2H3. The zero-order valence-corrected chi connectivity index (χ0v) is 12.3. The summed E-state index contributed by atoms with van der Waals surface area (Å²) in [5.41, 5.74) is 2.73. The summed E-state index contributed by atoms with van der Waals surface area (Å²) < 4.78 is 2.10.